The number of hydrogen-bond donors (Lipinski definition) is 1. The van der Waals surface area contributed by atoms with Gasteiger partial charge in [0.05, 0.1) is 10.6 Å². The molecule has 0 saturated heterocycles. The van der Waals surface area contributed by atoms with E-state index in [2.05, 4.69) is 0 Å². The van der Waals surface area contributed by atoms with Gasteiger partial charge in [-0.15, -0.1) is 0 Å². The average molecular weight is 315 g/mol. The van der Waals surface area contributed by atoms with Gasteiger partial charge in [-0.05, 0) is 43.7 Å². The second kappa shape index (κ2) is 5.50. The standard InChI is InChI=1S/C17H17NO3S/c1-13-8-10-14(11-9-13)22(20,21)18-12-4-7-17(19)15-5-2-3-6-16(15)18/h2-3,5-11,19H,4,12H2,1H3. The molecule has 0 fully saturated rings. The Morgan fingerprint density at radius 1 is 1.05 bits per heavy atom. The van der Waals surface area contributed by atoms with Gasteiger partial charge < -0.3 is 5.11 Å². The number of aryl methyl sites for hydroxylation is 1. The Kier molecular flexibility index (Phi) is 3.66. The molecule has 0 aliphatic carbocycles. The molecule has 2 aromatic rings. The highest BCUT2D eigenvalue weighted by Gasteiger charge is 2.28. The highest BCUT2D eigenvalue weighted by Crippen LogP contribution is 2.33. The smallest absolute Gasteiger partial charge is 0.264 e. The van der Waals surface area contributed by atoms with Crippen LogP contribution in [0.25, 0.3) is 5.76 Å². The number of hydrogen-bond acceptors (Lipinski definition) is 3. The van der Waals surface area contributed by atoms with E-state index in [9.17, 15) is 13.5 Å². The highest BCUT2D eigenvalue weighted by atomic mass is 32.2. The summed E-state index contributed by atoms with van der Waals surface area (Å²) < 4.78 is 27.3. The van der Waals surface area contributed by atoms with Gasteiger partial charge in [-0.1, -0.05) is 29.8 Å². The van der Waals surface area contributed by atoms with E-state index in [0.29, 0.717) is 24.2 Å². The van der Waals surface area contributed by atoms with Crippen molar-refractivity contribution < 1.29 is 13.5 Å². The number of aliphatic hydroxyl groups is 1. The molecule has 0 saturated carbocycles. The van der Waals surface area contributed by atoms with Gasteiger partial charge in [0.1, 0.15) is 5.76 Å². The van der Waals surface area contributed by atoms with Crippen LogP contribution in [0.15, 0.2) is 59.5 Å². The van der Waals surface area contributed by atoms with Crippen molar-refractivity contribution in [3.63, 3.8) is 0 Å². The Morgan fingerprint density at radius 2 is 1.73 bits per heavy atom. The summed E-state index contributed by atoms with van der Waals surface area (Å²) in [4.78, 5) is 0.259. The summed E-state index contributed by atoms with van der Waals surface area (Å²) in [6.45, 7) is 2.22. The lowest BCUT2D eigenvalue weighted by Gasteiger charge is -2.24. The van der Waals surface area contributed by atoms with Gasteiger partial charge in [0.25, 0.3) is 10.0 Å². The molecule has 5 heteroatoms. The minimum atomic E-state index is -3.65. The van der Waals surface area contributed by atoms with Crippen LogP contribution in [0, 0.1) is 6.92 Å². The molecule has 2 aromatic carbocycles. The first-order valence-corrected chi connectivity index (χ1v) is 8.52. The maximum atomic E-state index is 12.9. The van der Waals surface area contributed by atoms with E-state index in [1.54, 1.807) is 54.6 Å². The number of aliphatic hydroxyl groups excluding tert-OH is 1. The molecule has 1 heterocycles. The lowest BCUT2D eigenvalue weighted by Crippen LogP contribution is -2.32. The maximum Gasteiger partial charge on any atom is 0.264 e. The minimum absolute atomic E-state index is 0.122. The fourth-order valence-electron chi connectivity index (χ4n) is 2.54. The Bertz CT molecular complexity index is 823. The lowest BCUT2D eigenvalue weighted by molar-refractivity contribution is 0.510. The molecule has 0 unspecified atom stereocenters. The zero-order valence-corrected chi connectivity index (χ0v) is 13.0. The van der Waals surface area contributed by atoms with E-state index < -0.39 is 10.0 Å². The summed E-state index contributed by atoms with van der Waals surface area (Å²) >= 11 is 0. The Labute approximate surface area is 130 Å². The first kappa shape index (κ1) is 14.7. The molecule has 0 spiro atoms. The fraction of sp³-hybridized carbons (Fsp3) is 0.176. The predicted octanol–water partition coefficient (Wildman–Crippen LogP) is 3.49. The number of nitrogens with zero attached hydrogens (tertiary/aromatic N) is 1. The molecule has 0 radical (unpaired) electrons. The molecule has 4 nitrogen and oxygen atoms in total. The quantitative estimate of drug-likeness (QED) is 0.923. The van der Waals surface area contributed by atoms with Crippen molar-refractivity contribution in [2.75, 3.05) is 10.8 Å². The molecule has 3 rings (SSSR count). The number of rotatable bonds is 2. The maximum absolute atomic E-state index is 12.9. The van der Waals surface area contributed by atoms with Gasteiger partial charge in [0.2, 0.25) is 0 Å². The minimum Gasteiger partial charge on any atom is -0.508 e. The molecule has 1 aliphatic heterocycles. The Balaban J connectivity index is 2.12. The normalized spacial score (nSPS) is 15.0. The van der Waals surface area contributed by atoms with Crippen LogP contribution >= 0.6 is 0 Å². The van der Waals surface area contributed by atoms with E-state index in [1.807, 2.05) is 6.92 Å². The topological polar surface area (TPSA) is 57.6 Å². The zero-order valence-electron chi connectivity index (χ0n) is 12.2. The molecule has 0 amide bonds. The van der Waals surface area contributed by atoms with Gasteiger partial charge in [-0.3, -0.25) is 4.31 Å². The molecule has 114 valence electrons. The zero-order chi connectivity index (χ0) is 15.7. The van der Waals surface area contributed by atoms with Crippen molar-refractivity contribution in [2.45, 2.75) is 18.2 Å². The Hall–Kier alpha value is -2.27. The van der Waals surface area contributed by atoms with Gasteiger partial charge in [0, 0.05) is 12.1 Å². The molecule has 1 aliphatic rings. The van der Waals surface area contributed by atoms with Crippen molar-refractivity contribution in [1.29, 1.82) is 0 Å². The van der Waals surface area contributed by atoms with Crippen LogP contribution in [0.4, 0.5) is 5.69 Å². The number of anilines is 1. The van der Waals surface area contributed by atoms with Gasteiger partial charge >= 0.3 is 0 Å². The first-order chi connectivity index (χ1) is 10.5. The number of benzene rings is 2. The molecular formula is C17H17NO3S. The van der Waals surface area contributed by atoms with Crippen LogP contribution in [0.5, 0.6) is 0 Å². The fourth-order valence-corrected chi connectivity index (χ4v) is 4.04. The second-order valence-electron chi connectivity index (χ2n) is 5.29. The summed E-state index contributed by atoms with van der Waals surface area (Å²) in [5, 5.41) is 10.1. The predicted molar refractivity (Wildman–Crippen MR) is 87.4 cm³/mol. The Morgan fingerprint density at radius 3 is 2.45 bits per heavy atom. The third-order valence-electron chi connectivity index (χ3n) is 3.73. The van der Waals surface area contributed by atoms with E-state index in [4.69, 9.17) is 0 Å². The summed E-state index contributed by atoms with van der Waals surface area (Å²) in [6.07, 6.45) is 2.12. The lowest BCUT2D eigenvalue weighted by atomic mass is 10.1. The second-order valence-corrected chi connectivity index (χ2v) is 7.15. The van der Waals surface area contributed by atoms with E-state index in [-0.39, 0.29) is 10.7 Å². The molecule has 0 atom stereocenters. The highest BCUT2D eigenvalue weighted by molar-refractivity contribution is 7.92. The number of fused-ring (bicyclic) bond motifs is 1. The van der Waals surface area contributed by atoms with Crippen LogP contribution in [0.3, 0.4) is 0 Å². The van der Waals surface area contributed by atoms with Crippen LogP contribution in [0.2, 0.25) is 0 Å². The number of para-hydroxylation sites is 1. The van der Waals surface area contributed by atoms with E-state index in [1.165, 1.54) is 4.31 Å². The third kappa shape index (κ3) is 2.48. The van der Waals surface area contributed by atoms with Crippen molar-refractivity contribution in [3.05, 3.63) is 65.7 Å². The largest absolute Gasteiger partial charge is 0.508 e. The molecule has 22 heavy (non-hydrogen) atoms. The van der Waals surface area contributed by atoms with Crippen molar-refractivity contribution >= 4 is 21.5 Å². The first-order valence-electron chi connectivity index (χ1n) is 7.08. The van der Waals surface area contributed by atoms with E-state index >= 15 is 0 Å². The molecule has 1 N–H and O–H groups in total. The molecule has 0 aromatic heterocycles. The molecule has 0 bridgehead atoms. The summed E-state index contributed by atoms with van der Waals surface area (Å²) in [5.74, 6) is 0.122. The average Bonchev–Trinajstić information content (AvgIpc) is 2.68. The van der Waals surface area contributed by atoms with Crippen molar-refractivity contribution in [2.24, 2.45) is 0 Å². The van der Waals surface area contributed by atoms with Gasteiger partial charge in [-0.2, -0.15) is 0 Å². The third-order valence-corrected chi connectivity index (χ3v) is 5.55. The van der Waals surface area contributed by atoms with E-state index in [0.717, 1.165) is 5.56 Å². The van der Waals surface area contributed by atoms with Crippen LogP contribution in [-0.2, 0) is 10.0 Å². The molecular weight excluding hydrogens is 298 g/mol. The SMILES string of the molecule is Cc1ccc(S(=O)(=O)N2CCC=C(O)c3ccccc32)cc1. The van der Waals surface area contributed by atoms with Crippen molar-refractivity contribution in [1.82, 2.24) is 0 Å². The van der Waals surface area contributed by atoms with Crippen LogP contribution in [0.1, 0.15) is 17.5 Å². The van der Waals surface area contributed by atoms with Crippen LogP contribution in [-0.4, -0.2) is 20.1 Å². The van der Waals surface area contributed by atoms with Gasteiger partial charge in [-0.25, -0.2) is 8.42 Å². The monoisotopic (exact) mass is 315 g/mol. The van der Waals surface area contributed by atoms with Crippen LogP contribution < -0.4 is 4.31 Å². The van der Waals surface area contributed by atoms with Gasteiger partial charge in [0.15, 0.2) is 0 Å². The summed E-state index contributed by atoms with van der Waals surface area (Å²) in [7, 11) is -3.65. The van der Waals surface area contributed by atoms with Crippen molar-refractivity contribution in [3.8, 4) is 0 Å². The number of sulfonamides is 1. The summed E-state index contributed by atoms with van der Waals surface area (Å²) in [5.41, 5.74) is 2.06. The summed E-state index contributed by atoms with van der Waals surface area (Å²) in [6, 6.07) is 13.8.